The van der Waals surface area contributed by atoms with Crippen molar-refractivity contribution >= 4 is 11.0 Å². The maximum Gasteiger partial charge on any atom is 0.336 e. The van der Waals surface area contributed by atoms with E-state index in [4.69, 9.17) is 9.15 Å². The Morgan fingerprint density at radius 3 is 2.68 bits per heavy atom. The van der Waals surface area contributed by atoms with Crippen molar-refractivity contribution in [1.82, 2.24) is 0 Å². The van der Waals surface area contributed by atoms with E-state index in [0.29, 0.717) is 24.2 Å². The molecule has 102 valence electrons. The SMILES string of the molecule is COc1cc2oc(=O)ccc2cc1CCC(C)(C)O. The van der Waals surface area contributed by atoms with Crippen LogP contribution < -0.4 is 10.4 Å². The molecule has 1 N–H and O–H groups in total. The van der Waals surface area contributed by atoms with Gasteiger partial charge in [-0.3, -0.25) is 0 Å². The Balaban J connectivity index is 2.42. The van der Waals surface area contributed by atoms with Crippen LogP contribution in [0.1, 0.15) is 25.8 Å². The largest absolute Gasteiger partial charge is 0.496 e. The summed E-state index contributed by atoms with van der Waals surface area (Å²) < 4.78 is 10.4. The van der Waals surface area contributed by atoms with Crippen molar-refractivity contribution in [1.29, 1.82) is 0 Å². The molecule has 1 aromatic heterocycles. The third kappa shape index (κ3) is 3.35. The Labute approximate surface area is 111 Å². The normalized spacial score (nSPS) is 11.8. The number of aliphatic hydroxyl groups is 1. The fourth-order valence-electron chi connectivity index (χ4n) is 1.97. The molecule has 4 nitrogen and oxygen atoms in total. The topological polar surface area (TPSA) is 59.7 Å². The first-order valence-electron chi connectivity index (χ1n) is 6.22. The lowest BCUT2D eigenvalue weighted by atomic mass is 9.97. The molecule has 0 bridgehead atoms. The zero-order chi connectivity index (χ0) is 14.0. The molecule has 0 atom stereocenters. The van der Waals surface area contributed by atoms with E-state index < -0.39 is 5.60 Å². The van der Waals surface area contributed by atoms with Gasteiger partial charge in [0.2, 0.25) is 0 Å². The van der Waals surface area contributed by atoms with Crippen LogP contribution in [0, 0.1) is 0 Å². The zero-order valence-electron chi connectivity index (χ0n) is 11.4. The highest BCUT2D eigenvalue weighted by atomic mass is 16.5. The van der Waals surface area contributed by atoms with Crippen LogP contribution in [0.5, 0.6) is 5.75 Å². The fourth-order valence-corrected chi connectivity index (χ4v) is 1.97. The number of methoxy groups -OCH3 is 1. The first-order valence-corrected chi connectivity index (χ1v) is 6.22. The highest BCUT2D eigenvalue weighted by molar-refractivity contribution is 5.79. The van der Waals surface area contributed by atoms with Crippen molar-refractivity contribution in [2.24, 2.45) is 0 Å². The minimum Gasteiger partial charge on any atom is -0.496 e. The van der Waals surface area contributed by atoms with Crippen molar-refractivity contribution in [3.8, 4) is 5.75 Å². The van der Waals surface area contributed by atoms with Crippen molar-refractivity contribution in [2.45, 2.75) is 32.3 Å². The number of benzene rings is 1. The van der Waals surface area contributed by atoms with Gasteiger partial charge in [-0.25, -0.2) is 4.79 Å². The van der Waals surface area contributed by atoms with E-state index in [0.717, 1.165) is 10.9 Å². The molecule has 4 heteroatoms. The third-order valence-corrected chi connectivity index (χ3v) is 3.03. The summed E-state index contributed by atoms with van der Waals surface area (Å²) in [6.45, 7) is 3.55. The second-order valence-corrected chi connectivity index (χ2v) is 5.27. The molecule has 2 aromatic rings. The van der Waals surface area contributed by atoms with Gasteiger partial charge in [0, 0.05) is 17.5 Å². The summed E-state index contributed by atoms with van der Waals surface area (Å²) in [6.07, 6.45) is 1.33. The summed E-state index contributed by atoms with van der Waals surface area (Å²) in [5.41, 5.74) is 0.407. The number of ether oxygens (including phenoxy) is 1. The maximum atomic E-state index is 11.2. The van der Waals surface area contributed by atoms with E-state index in [1.165, 1.54) is 6.07 Å². The van der Waals surface area contributed by atoms with Gasteiger partial charge in [0.15, 0.2) is 0 Å². The number of rotatable bonds is 4. The Hall–Kier alpha value is -1.81. The standard InChI is InChI=1S/C15H18O4/c1-15(2,17)7-6-11-8-10-4-5-14(16)19-13(10)9-12(11)18-3/h4-5,8-9,17H,6-7H2,1-3H3. The van der Waals surface area contributed by atoms with Gasteiger partial charge < -0.3 is 14.3 Å². The average Bonchev–Trinajstić information content (AvgIpc) is 2.34. The van der Waals surface area contributed by atoms with Crippen LogP contribution in [0.3, 0.4) is 0 Å². The van der Waals surface area contributed by atoms with Crippen molar-refractivity contribution in [3.05, 3.63) is 40.2 Å². The second-order valence-electron chi connectivity index (χ2n) is 5.27. The summed E-state index contributed by atoms with van der Waals surface area (Å²) in [7, 11) is 1.58. The molecule has 0 radical (unpaired) electrons. The highest BCUT2D eigenvalue weighted by Gasteiger charge is 2.15. The molecule has 19 heavy (non-hydrogen) atoms. The Morgan fingerprint density at radius 1 is 1.32 bits per heavy atom. The first kappa shape index (κ1) is 13.6. The van der Waals surface area contributed by atoms with E-state index in [1.54, 1.807) is 33.1 Å². The van der Waals surface area contributed by atoms with Gasteiger partial charge in [0.1, 0.15) is 11.3 Å². The van der Waals surface area contributed by atoms with Gasteiger partial charge in [-0.15, -0.1) is 0 Å². The lowest BCUT2D eigenvalue weighted by Crippen LogP contribution is -2.19. The number of hydrogen-bond donors (Lipinski definition) is 1. The molecule has 0 saturated carbocycles. The molecule has 0 fully saturated rings. The number of aryl methyl sites for hydroxylation is 1. The van der Waals surface area contributed by atoms with Gasteiger partial charge >= 0.3 is 5.63 Å². The maximum absolute atomic E-state index is 11.2. The minimum atomic E-state index is -0.719. The minimum absolute atomic E-state index is 0.376. The van der Waals surface area contributed by atoms with Crippen LogP contribution in [0.2, 0.25) is 0 Å². The highest BCUT2D eigenvalue weighted by Crippen LogP contribution is 2.27. The van der Waals surface area contributed by atoms with Crippen LogP contribution in [-0.4, -0.2) is 17.8 Å². The molecule has 0 aliphatic heterocycles. The Kier molecular flexibility index (Phi) is 3.62. The molecule has 1 heterocycles. The lowest BCUT2D eigenvalue weighted by Gasteiger charge is -2.18. The van der Waals surface area contributed by atoms with Crippen LogP contribution in [0.4, 0.5) is 0 Å². The molecular weight excluding hydrogens is 244 g/mol. The summed E-state index contributed by atoms with van der Waals surface area (Å²) in [5, 5.41) is 10.6. The number of hydrogen-bond acceptors (Lipinski definition) is 4. The zero-order valence-corrected chi connectivity index (χ0v) is 11.4. The average molecular weight is 262 g/mol. The molecule has 0 spiro atoms. The van der Waals surface area contributed by atoms with E-state index in [-0.39, 0.29) is 5.63 Å². The van der Waals surface area contributed by atoms with Crippen molar-refractivity contribution in [3.63, 3.8) is 0 Å². The van der Waals surface area contributed by atoms with Crippen LogP contribution in [0.15, 0.2) is 33.5 Å². The summed E-state index contributed by atoms with van der Waals surface area (Å²) >= 11 is 0. The van der Waals surface area contributed by atoms with Crippen molar-refractivity contribution < 1.29 is 14.3 Å². The predicted molar refractivity (Wildman–Crippen MR) is 73.7 cm³/mol. The fraction of sp³-hybridized carbons (Fsp3) is 0.400. The van der Waals surface area contributed by atoms with Crippen LogP contribution in [0.25, 0.3) is 11.0 Å². The van der Waals surface area contributed by atoms with E-state index in [2.05, 4.69) is 0 Å². The lowest BCUT2D eigenvalue weighted by molar-refractivity contribution is 0.0712. The Morgan fingerprint density at radius 2 is 2.05 bits per heavy atom. The van der Waals surface area contributed by atoms with Gasteiger partial charge in [-0.1, -0.05) is 0 Å². The predicted octanol–water partition coefficient (Wildman–Crippen LogP) is 2.51. The quantitative estimate of drug-likeness (QED) is 0.860. The second kappa shape index (κ2) is 5.05. The Bertz CT molecular complexity index is 635. The third-order valence-electron chi connectivity index (χ3n) is 3.03. The molecule has 0 aliphatic carbocycles. The molecule has 0 saturated heterocycles. The molecule has 1 aromatic carbocycles. The van der Waals surface area contributed by atoms with Crippen molar-refractivity contribution in [2.75, 3.05) is 7.11 Å². The van der Waals surface area contributed by atoms with Gasteiger partial charge in [0.05, 0.1) is 12.7 Å². The van der Waals surface area contributed by atoms with Gasteiger partial charge in [-0.05, 0) is 44.4 Å². The smallest absolute Gasteiger partial charge is 0.336 e. The summed E-state index contributed by atoms with van der Waals surface area (Å²) in [4.78, 5) is 11.2. The van der Waals surface area contributed by atoms with E-state index in [1.807, 2.05) is 6.07 Å². The summed E-state index contributed by atoms with van der Waals surface area (Å²) in [6, 6.07) is 6.78. The van der Waals surface area contributed by atoms with E-state index in [9.17, 15) is 9.90 Å². The molecule has 0 amide bonds. The van der Waals surface area contributed by atoms with Gasteiger partial charge in [0.25, 0.3) is 0 Å². The van der Waals surface area contributed by atoms with Gasteiger partial charge in [-0.2, -0.15) is 0 Å². The molecule has 0 aliphatic rings. The van der Waals surface area contributed by atoms with Crippen LogP contribution >= 0.6 is 0 Å². The van der Waals surface area contributed by atoms with E-state index >= 15 is 0 Å². The monoisotopic (exact) mass is 262 g/mol. The molecule has 0 unspecified atom stereocenters. The molecular formula is C15H18O4. The molecule has 2 rings (SSSR count). The first-order chi connectivity index (χ1) is 8.89. The summed E-state index contributed by atoms with van der Waals surface area (Å²) in [5.74, 6) is 0.672. The van der Waals surface area contributed by atoms with Crippen LogP contribution in [-0.2, 0) is 6.42 Å². The number of fused-ring (bicyclic) bond motifs is 1.